The van der Waals surface area contributed by atoms with E-state index < -0.39 is 5.97 Å². The molecule has 0 bridgehead atoms. The summed E-state index contributed by atoms with van der Waals surface area (Å²) in [6, 6.07) is 12.3. The second kappa shape index (κ2) is 6.04. The second-order valence-corrected chi connectivity index (χ2v) is 5.93. The molecule has 2 aromatic rings. The van der Waals surface area contributed by atoms with Gasteiger partial charge in [0.15, 0.2) is 0 Å². The van der Waals surface area contributed by atoms with E-state index in [1.165, 1.54) is 0 Å². The van der Waals surface area contributed by atoms with Gasteiger partial charge in [-0.3, -0.25) is 0 Å². The van der Waals surface area contributed by atoms with Crippen molar-refractivity contribution in [1.29, 1.82) is 0 Å². The fourth-order valence-electron chi connectivity index (χ4n) is 1.34. The van der Waals surface area contributed by atoms with Gasteiger partial charge in [-0.05, 0) is 52.9 Å². The van der Waals surface area contributed by atoms with Gasteiger partial charge in [-0.15, -0.1) is 0 Å². The summed E-state index contributed by atoms with van der Waals surface area (Å²) in [6.07, 6.45) is 0. The fourth-order valence-corrected chi connectivity index (χ4v) is 2.66. The maximum Gasteiger partial charge on any atom is 0.344 e. The van der Waals surface area contributed by atoms with Crippen LogP contribution in [0.5, 0.6) is 5.75 Å². The van der Waals surface area contributed by atoms with Gasteiger partial charge < -0.3 is 4.74 Å². The number of rotatable bonds is 2. The first-order chi connectivity index (χ1) is 8.58. The normalized spacial score (nSPS) is 10.2. The number of carbonyl (C=O) groups is 1. The molecule has 2 aromatic carbocycles. The van der Waals surface area contributed by atoms with Gasteiger partial charge in [0.1, 0.15) is 5.75 Å². The summed E-state index contributed by atoms with van der Waals surface area (Å²) < 4.78 is 6.95. The standard InChI is InChI=1S/C13H7BrClIO2/c14-8-5-6-12(10(15)7-8)18-13(17)9-3-1-2-4-11(9)16/h1-7H. The Morgan fingerprint density at radius 3 is 2.61 bits per heavy atom. The lowest BCUT2D eigenvalue weighted by Crippen LogP contribution is -2.10. The molecule has 0 aliphatic carbocycles. The molecule has 92 valence electrons. The molecule has 0 aliphatic rings. The molecule has 0 fully saturated rings. The maximum atomic E-state index is 12.0. The van der Waals surface area contributed by atoms with Crippen LogP contribution in [0.1, 0.15) is 10.4 Å². The van der Waals surface area contributed by atoms with Crippen LogP contribution in [0, 0.1) is 3.57 Å². The van der Waals surface area contributed by atoms with E-state index in [0.717, 1.165) is 8.04 Å². The van der Waals surface area contributed by atoms with Crippen LogP contribution in [-0.2, 0) is 0 Å². The molecule has 18 heavy (non-hydrogen) atoms. The van der Waals surface area contributed by atoms with Crippen molar-refractivity contribution in [3.63, 3.8) is 0 Å². The van der Waals surface area contributed by atoms with E-state index in [-0.39, 0.29) is 0 Å². The number of carbonyl (C=O) groups excluding carboxylic acids is 1. The second-order valence-electron chi connectivity index (χ2n) is 3.44. The molecular weight excluding hydrogens is 430 g/mol. The molecule has 0 aliphatic heterocycles. The zero-order valence-electron chi connectivity index (χ0n) is 8.99. The highest BCUT2D eigenvalue weighted by Gasteiger charge is 2.13. The Hall–Kier alpha value is -0.590. The monoisotopic (exact) mass is 436 g/mol. The van der Waals surface area contributed by atoms with Crippen LogP contribution in [0.3, 0.4) is 0 Å². The minimum atomic E-state index is -0.413. The molecule has 0 saturated heterocycles. The SMILES string of the molecule is O=C(Oc1ccc(Br)cc1Cl)c1ccccc1I. The van der Waals surface area contributed by atoms with Crippen molar-refractivity contribution >= 4 is 56.1 Å². The number of hydrogen-bond donors (Lipinski definition) is 0. The predicted octanol–water partition coefficient (Wildman–Crippen LogP) is 4.93. The summed E-state index contributed by atoms with van der Waals surface area (Å²) in [5.74, 6) is -0.0613. The summed E-state index contributed by atoms with van der Waals surface area (Å²) in [4.78, 5) is 12.0. The highest BCUT2D eigenvalue weighted by molar-refractivity contribution is 14.1. The van der Waals surface area contributed by atoms with Gasteiger partial charge in [0.25, 0.3) is 0 Å². The predicted molar refractivity (Wildman–Crippen MR) is 83.3 cm³/mol. The van der Waals surface area contributed by atoms with Crippen LogP contribution in [0.25, 0.3) is 0 Å². The van der Waals surface area contributed by atoms with Gasteiger partial charge in [0.05, 0.1) is 10.6 Å². The topological polar surface area (TPSA) is 26.3 Å². The third-order valence-electron chi connectivity index (χ3n) is 2.19. The first kappa shape index (κ1) is 13.8. The molecule has 0 spiro atoms. The summed E-state index contributed by atoms with van der Waals surface area (Å²) >= 11 is 11.4. The minimum absolute atomic E-state index is 0.351. The van der Waals surface area contributed by atoms with Gasteiger partial charge in [0.2, 0.25) is 0 Å². The lowest BCUT2D eigenvalue weighted by Gasteiger charge is -2.07. The van der Waals surface area contributed by atoms with Crippen molar-refractivity contribution in [3.8, 4) is 5.75 Å². The van der Waals surface area contributed by atoms with Gasteiger partial charge in [-0.1, -0.05) is 39.7 Å². The molecule has 0 heterocycles. The van der Waals surface area contributed by atoms with Crippen LogP contribution in [0.15, 0.2) is 46.9 Å². The van der Waals surface area contributed by atoms with E-state index in [1.54, 1.807) is 30.3 Å². The quantitative estimate of drug-likeness (QED) is 0.379. The average molecular weight is 437 g/mol. The van der Waals surface area contributed by atoms with Gasteiger partial charge in [-0.2, -0.15) is 0 Å². The highest BCUT2D eigenvalue weighted by atomic mass is 127. The summed E-state index contributed by atoms with van der Waals surface area (Å²) in [5.41, 5.74) is 0.525. The Morgan fingerprint density at radius 2 is 1.94 bits per heavy atom. The molecule has 0 atom stereocenters. The molecule has 0 unspecified atom stereocenters. The highest BCUT2D eigenvalue weighted by Crippen LogP contribution is 2.28. The molecule has 0 N–H and O–H groups in total. The number of hydrogen-bond acceptors (Lipinski definition) is 2. The van der Waals surface area contributed by atoms with Gasteiger partial charge in [-0.25, -0.2) is 4.79 Å². The van der Waals surface area contributed by atoms with E-state index in [4.69, 9.17) is 16.3 Å². The van der Waals surface area contributed by atoms with Gasteiger partial charge in [0, 0.05) is 8.04 Å². The van der Waals surface area contributed by atoms with E-state index in [1.807, 2.05) is 12.1 Å². The minimum Gasteiger partial charge on any atom is -0.421 e. The van der Waals surface area contributed by atoms with E-state index >= 15 is 0 Å². The lowest BCUT2D eigenvalue weighted by atomic mass is 10.2. The summed E-state index contributed by atoms with van der Waals surface area (Å²) in [5, 5.41) is 0.392. The van der Waals surface area contributed by atoms with Gasteiger partial charge >= 0.3 is 5.97 Å². The third kappa shape index (κ3) is 3.24. The molecule has 0 amide bonds. The number of benzene rings is 2. The number of halogens is 3. The zero-order chi connectivity index (χ0) is 13.1. The number of esters is 1. The Labute approximate surface area is 132 Å². The lowest BCUT2D eigenvalue weighted by molar-refractivity contribution is 0.0733. The van der Waals surface area contributed by atoms with Crippen molar-refractivity contribution in [1.82, 2.24) is 0 Å². The van der Waals surface area contributed by atoms with Crippen molar-refractivity contribution < 1.29 is 9.53 Å². The molecule has 2 nitrogen and oxygen atoms in total. The first-order valence-electron chi connectivity index (χ1n) is 4.99. The van der Waals surface area contributed by atoms with Crippen molar-refractivity contribution in [2.75, 3.05) is 0 Å². The molecule has 0 radical (unpaired) electrons. The maximum absolute atomic E-state index is 12.0. The van der Waals surface area contributed by atoms with Crippen LogP contribution >= 0.6 is 50.1 Å². The molecular formula is C13H7BrClIO2. The third-order valence-corrected chi connectivity index (χ3v) is 3.92. The van der Waals surface area contributed by atoms with Crippen LogP contribution in [0.4, 0.5) is 0 Å². The van der Waals surface area contributed by atoms with E-state index in [0.29, 0.717) is 16.3 Å². The Balaban J connectivity index is 2.24. The molecule has 0 aromatic heterocycles. The number of ether oxygens (including phenoxy) is 1. The Morgan fingerprint density at radius 1 is 1.22 bits per heavy atom. The average Bonchev–Trinajstić information content (AvgIpc) is 2.33. The fraction of sp³-hybridized carbons (Fsp3) is 0. The summed E-state index contributed by atoms with van der Waals surface area (Å²) in [6.45, 7) is 0. The first-order valence-corrected chi connectivity index (χ1v) is 7.24. The smallest absolute Gasteiger partial charge is 0.344 e. The van der Waals surface area contributed by atoms with Crippen molar-refractivity contribution in [2.45, 2.75) is 0 Å². The molecule has 5 heteroatoms. The van der Waals surface area contributed by atoms with Crippen LogP contribution < -0.4 is 4.74 Å². The van der Waals surface area contributed by atoms with E-state index in [9.17, 15) is 4.79 Å². The largest absolute Gasteiger partial charge is 0.421 e. The summed E-state index contributed by atoms with van der Waals surface area (Å²) in [7, 11) is 0. The molecule has 2 rings (SSSR count). The van der Waals surface area contributed by atoms with Crippen LogP contribution in [0.2, 0.25) is 5.02 Å². The van der Waals surface area contributed by atoms with Crippen molar-refractivity contribution in [2.24, 2.45) is 0 Å². The Kier molecular flexibility index (Phi) is 4.64. The molecule has 0 saturated carbocycles. The van der Waals surface area contributed by atoms with Crippen LogP contribution in [-0.4, -0.2) is 5.97 Å². The zero-order valence-corrected chi connectivity index (χ0v) is 13.5. The van der Waals surface area contributed by atoms with E-state index in [2.05, 4.69) is 38.5 Å². The van der Waals surface area contributed by atoms with Crippen molar-refractivity contribution in [3.05, 3.63) is 61.1 Å². The Bertz CT molecular complexity index is 601.